The summed E-state index contributed by atoms with van der Waals surface area (Å²) in [5, 5.41) is 31.9. The summed E-state index contributed by atoms with van der Waals surface area (Å²) in [5.74, 6) is -1.53. The summed E-state index contributed by atoms with van der Waals surface area (Å²) in [5.41, 5.74) is 3.80. The molecule has 2 heterocycles. The van der Waals surface area contributed by atoms with Gasteiger partial charge in [0, 0.05) is 62.7 Å². The molecule has 0 unspecified atom stereocenters. The summed E-state index contributed by atoms with van der Waals surface area (Å²) in [6, 6.07) is 20.7. The second kappa shape index (κ2) is 13.8. The van der Waals surface area contributed by atoms with Gasteiger partial charge in [-0.05, 0) is 75.1 Å². The van der Waals surface area contributed by atoms with E-state index in [0.717, 1.165) is 27.6 Å². The molecule has 0 saturated heterocycles. The largest absolute Gasteiger partial charge is 0.481 e. The van der Waals surface area contributed by atoms with Crippen molar-refractivity contribution in [3.63, 3.8) is 0 Å². The first-order valence-corrected chi connectivity index (χ1v) is 14.2. The Morgan fingerprint density at radius 3 is 2.33 bits per heavy atom. The molecule has 2 aromatic heterocycles. The van der Waals surface area contributed by atoms with E-state index in [4.69, 9.17) is 16.7 Å². The van der Waals surface area contributed by atoms with Crippen molar-refractivity contribution in [2.24, 2.45) is 0 Å². The zero-order valence-corrected chi connectivity index (χ0v) is 27.1. The summed E-state index contributed by atoms with van der Waals surface area (Å²) < 4.78 is 17.7. The van der Waals surface area contributed by atoms with E-state index in [1.807, 2.05) is 48.7 Å². The topological polar surface area (TPSA) is 105 Å². The van der Waals surface area contributed by atoms with E-state index in [9.17, 15) is 24.2 Å². The summed E-state index contributed by atoms with van der Waals surface area (Å²) in [7, 11) is 0. The Bertz CT molecular complexity index is 1830. The standard InChI is InChI=1S/C33H32ClFN2O5.Na/c1-19(2)36-28(15-14-24(38)17-25(39)18-29(40)41)30(20-10-12-22(35)13-11-20)31-26-8-3-4-9-27(26)37(33(42)32(31)36)23-7-5-6-21(34)16-23;/h3-13,16,19,24-25,38-39H,14-15,17-18H2,1-2H3,(H,40,41);/t24-,25-;/m1./s1. The number of carboxylic acid groups (broad SMARTS) is 1. The maximum absolute atomic E-state index is 14.5. The number of aliphatic carboxylic acids is 1. The number of hydrogen-bond donors (Lipinski definition) is 3. The van der Waals surface area contributed by atoms with Gasteiger partial charge in [-0.3, -0.25) is 14.2 Å². The van der Waals surface area contributed by atoms with Crippen molar-refractivity contribution in [3.8, 4) is 16.8 Å². The van der Waals surface area contributed by atoms with Crippen molar-refractivity contribution in [3.05, 3.63) is 99.7 Å². The molecule has 0 spiro atoms. The minimum absolute atomic E-state index is 0. The third-order valence-electron chi connectivity index (χ3n) is 7.51. The minimum Gasteiger partial charge on any atom is -0.481 e. The van der Waals surface area contributed by atoms with E-state index in [1.165, 1.54) is 12.1 Å². The van der Waals surface area contributed by atoms with Crippen LogP contribution in [0.3, 0.4) is 0 Å². The van der Waals surface area contributed by atoms with Gasteiger partial charge in [-0.15, -0.1) is 0 Å². The van der Waals surface area contributed by atoms with Crippen LogP contribution >= 0.6 is 11.6 Å². The molecule has 43 heavy (non-hydrogen) atoms. The monoisotopic (exact) mass is 613 g/mol. The Morgan fingerprint density at radius 2 is 1.67 bits per heavy atom. The van der Waals surface area contributed by atoms with Crippen molar-refractivity contribution in [2.75, 3.05) is 0 Å². The van der Waals surface area contributed by atoms with Crippen LogP contribution in [0.2, 0.25) is 5.02 Å². The molecule has 3 N–H and O–H groups in total. The molecule has 7 nitrogen and oxygen atoms in total. The molecule has 0 amide bonds. The number of carbonyl (C=O) groups is 1. The molecule has 3 aromatic carbocycles. The first-order valence-electron chi connectivity index (χ1n) is 13.9. The van der Waals surface area contributed by atoms with E-state index in [1.54, 1.807) is 34.9 Å². The number of para-hydroxylation sites is 1. The Hall–Kier alpha value is -2.98. The third-order valence-corrected chi connectivity index (χ3v) is 7.75. The van der Waals surface area contributed by atoms with Crippen LogP contribution in [-0.2, 0) is 11.2 Å². The van der Waals surface area contributed by atoms with Crippen molar-refractivity contribution in [1.82, 2.24) is 9.13 Å². The number of aliphatic hydroxyl groups excluding tert-OH is 2. The smallest absolute Gasteiger partial charge is 0.305 e. The molecule has 1 radical (unpaired) electrons. The first kappa shape index (κ1) is 32.9. The van der Waals surface area contributed by atoms with Gasteiger partial charge in [0.1, 0.15) is 11.3 Å². The summed E-state index contributed by atoms with van der Waals surface area (Å²) in [6.07, 6.45) is -2.17. The van der Waals surface area contributed by atoms with Gasteiger partial charge in [-0.1, -0.05) is 48.0 Å². The zero-order chi connectivity index (χ0) is 30.1. The number of benzene rings is 3. The molecule has 5 rings (SSSR count). The maximum Gasteiger partial charge on any atom is 0.305 e. The molecule has 5 aromatic rings. The number of pyridine rings is 1. The number of fused-ring (bicyclic) bond motifs is 3. The van der Waals surface area contributed by atoms with Gasteiger partial charge < -0.3 is 19.9 Å². The predicted octanol–water partition coefficient (Wildman–Crippen LogP) is 6.12. The molecule has 0 aliphatic heterocycles. The van der Waals surface area contributed by atoms with E-state index in [2.05, 4.69) is 0 Å². The van der Waals surface area contributed by atoms with Crippen molar-refractivity contribution in [1.29, 1.82) is 0 Å². The fraction of sp³-hybridized carbons (Fsp3) is 0.273. The third kappa shape index (κ3) is 6.75. The molecular formula is C33H32ClFN2NaO5. The number of aromatic nitrogens is 2. The van der Waals surface area contributed by atoms with E-state index in [0.29, 0.717) is 28.2 Å². The Balaban J connectivity index is 0.00000423. The van der Waals surface area contributed by atoms with Gasteiger partial charge >= 0.3 is 5.97 Å². The molecule has 219 valence electrons. The molecular weight excluding hydrogens is 582 g/mol. The number of carboxylic acids is 1. The molecule has 0 bridgehead atoms. The quantitative estimate of drug-likeness (QED) is 0.165. The minimum atomic E-state index is -1.18. The average Bonchev–Trinajstić information content (AvgIpc) is 3.28. The van der Waals surface area contributed by atoms with Crippen molar-refractivity contribution < 1.29 is 24.5 Å². The second-order valence-electron chi connectivity index (χ2n) is 10.8. The van der Waals surface area contributed by atoms with Crippen LogP contribution in [0.15, 0.2) is 77.6 Å². The van der Waals surface area contributed by atoms with E-state index < -0.39 is 24.6 Å². The predicted molar refractivity (Wildman–Crippen MR) is 169 cm³/mol. The maximum atomic E-state index is 14.5. The van der Waals surface area contributed by atoms with Crippen LogP contribution in [-0.4, -0.2) is 72.2 Å². The number of aliphatic hydroxyl groups is 2. The Labute approximate surface area is 275 Å². The van der Waals surface area contributed by atoms with Gasteiger partial charge in [-0.25, -0.2) is 4.39 Å². The Kier molecular flexibility index (Phi) is 10.5. The zero-order valence-electron chi connectivity index (χ0n) is 24.3. The Morgan fingerprint density at radius 1 is 0.977 bits per heavy atom. The van der Waals surface area contributed by atoms with Gasteiger partial charge in [0.2, 0.25) is 0 Å². The molecule has 0 fully saturated rings. The summed E-state index contributed by atoms with van der Waals surface area (Å²) in [4.78, 5) is 25.5. The average molecular weight is 614 g/mol. The fourth-order valence-electron chi connectivity index (χ4n) is 5.84. The summed E-state index contributed by atoms with van der Waals surface area (Å²) >= 11 is 6.33. The number of hydrogen-bond acceptors (Lipinski definition) is 4. The van der Waals surface area contributed by atoms with Crippen LogP contribution < -0.4 is 5.56 Å². The van der Waals surface area contributed by atoms with Gasteiger partial charge in [0.25, 0.3) is 5.56 Å². The van der Waals surface area contributed by atoms with Crippen molar-refractivity contribution >= 4 is 68.9 Å². The fourth-order valence-corrected chi connectivity index (χ4v) is 6.03. The number of nitrogens with zero attached hydrogens (tertiary/aromatic N) is 2. The van der Waals surface area contributed by atoms with Crippen LogP contribution in [0.25, 0.3) is 38.6 Å². The molecule has 10 heteroatoms. The van der Waals surface area contributed by atoms with Crippen LogP contribution in [0.4, 0.5) is 4.39 Å². The number of halogens is 2. The first-order chi connectivity index (χ1) is 20.1. The van der Waals surface area contributed by atoms with Crippen LogP contribution in [0.5, 0.6) is 0 Å². The van der Waals surface area contributed by atoms with Crippen LogP contribution in [0.1, 0.15) is 44.8 Å². The normalized spacial score (nSPS) is 12.9. The number of rotatable bonds is 10. The molecule has 0 saturated carbocycles. The van der Waals surface area contributed by atoms with Gasteiger partial charge in [0.05, 0.1) is 29.8 Å². The molecule has 2 atom stereocenters. The SMILES string of the molecule is CC(C)n1c(CC[C@@H](O)C[C@@H](O)CC(=O)O)c(-c2ccc(F)cc2)c2c3ccccc3n(-c3cccc(Cl)c3)c(=O)c21.[Na]. The second-order valence-corrected chi connectivity index (χ2v) is 11.3. The van der Waals surface area contributed by atoms with Crippen molar-refractivity contribution in [2.45, 2.75) is 57.8 Å². The van der Waals surface area contributed by atoms with E-state index in [-0.39, 0.29) is 59.8 Å². The van der Waals surface area contributed by atoms with Gasteiger partial charge in [0.15, 0.2) is 0 Å². The molecule has 0 aliphatic carbocycles. The van der Waals surface area contributed by atoms with Gasteiger partial charge in [-0.2, -0.15) is 0 Å². The molecule has 0 aliphatic rings. The summed E-state index contributed by atoms with van der Waals surface area (Å²) in [6.45, 7) is 3.95. The van der Waals surface area contributed by atoms with E-state index >= 15 is 0 Å². The van der Waals surface area contributed by atoms with Crippen LogP contribution in [0, 0.1) is 5.82 Å².